The SMILES string of the molecule is C=CC(=O)O.CC(O)COP(=O)(O)O. The van der Waals surface area contributed by atoms with E-state index < -0.39 is 19.9 Å². The molecule has 0 heterocycles. The number of aliphatic carboxylic acids is 1. The quantitative estimate of drug-likeness (QED) is 0.385. The fraction of sp³-hybridized carbons (Fsp3) is 0.500. The van der Waals surface area contributed by atoms with Crippen LogP contribution in [0.4, 0.5) is 0 Å². The second kappa shape index (κ2) is 7.66. The van der Waals surface area contributed by atoms with Gasteiger partial charge in [0.2, 0.25) is 0 Å². The number of rotatable bonds is 4. The van der Waals surface area contributed by atoms with Crippen molar-refractivity contribution in [1.29, 1.82) is 0 Å². The van der Waals surface area contributed by atoms with Crippen molar-refractivity contribution in [1.82, 2.24) is 0 Å². The predicted octanol–water partition coefficient (Wildman–Crippen LogP) is -0.267. The minimum Gasteiger partial charge on any atom is -0.478 e. The molecule has 0 aromatic carbocycles. The second-order valence-electron chi connectivity index (χ2n) is 2.18. The first-order valence-electron chi connectivity index (χ1n) is 3.42. The average molecular weight is 228 g/mol. The third kappa shape index (κ3) is 22.5. The Morgan fingerprint density at radius 2 is 2.00 bits per heavy atom. The van der Waals surface area contributed by atoms with Crippen molar-refractivity contribution in [3.63, 3.8) is 0 Å². The first-order valence-corrected chi connectivity index (χ1v) is 4.95. The van der Waals surface area contributed by atoms with Gasteiger partial charge in [-0.1, -0.05) is 6.58 Å². The fourth-order valence-corrected chi connectivity index (χ4v) is 0.615. The van der Waals surface area contributed by atoms with E-state index >= 15 is 0 Å². The van der Waals surface area contributed by atoms with Crippen LogP contribution in [0.3, 0.4) is 0 Å². The van der Waals surface area contributed by atoms with Gasteiger partial charge in [-0.2, -0.15) is 0 Å². The molecule has 0 amide bonds. The molecule has 0 aliphatic carbocycles. The summed E-state index contributed by atoms with van der Waals surface area (Å²) < 4.78 is 13.8. The van der Waals surface area contributed by atoms with Crippen molar-refractivity contribution in [2.75, 3.05) is 6.61 Å². The molecule has 0 fully saturated rings. The summed E-state index contributed by atoms with van der Waals surface area (Å²) in [6, 6.07) is 0. The van der Waals surface area contributed by atoms with Crippen LogP contribution in [0.25, 0.3) is 0 Å². The van der Waals surface area contributed by atoms with Gasteiger partial charge in [0.05, 0.1) is 12.7 Å². The first-order chi connectivity index (χ1) is 6.19. The van der Waals surface area contributed by atoms with Crippen LogP contribution in [0.5, 0.6) is 0 Å². The molecule has 8 heteroatoms. The molecular weight excluding hydrogens is 215 g/mol. The Balaban J connectivity index is 0. The van der Waals surface area contributed by atoms with Crippen LogP contribution in [0, 0.1) is 0 Å². The van der Waals surface area contributed by atoms with Gasteiger partial charge in [0.25, 0.3) is 0 Å². The van der Waals surface area contributed by atoms with Gasteiger partial charge in [-0.15, -0.1) is 0 Å². The molecule has 14 heavy (non-hydrogen) atoms. The van der Waals surface area contributed by atoms with Gasteiger partial charge in [0.1, 0.15) is 0 Å². The van der Waals surface area contributed by atoms with Crippen LogP contribution in [-0.2, 0) is 13.9 Å². The highest BCUT2D eigenvalue weighted by atomic mass is 31.2. The third-order valence-corrected chi connectivity index (χ3v) is 1.14. The maximum Gasteiger partial charge on any atom is 0.469 e. The van der Waals surface area contributed by atoms with Gasteiger partial charge >= 0.3 is 13.8 Å². The Morgan fingerprint density at radius 1 is 1.64 bits per heavy atom. The Labute approximate surface area is 80.9 Å². The van der Waals surface area contributed by atoms with Gasteiger partial charge in [0.15, 0.2) is 0 Å². The number of phosphoric ester groups is 1. The second-order valence-corrected chi connectivity index (χ2v) is 3.42. The molecule has 7 nitrogen and oxygen atoms in total. The Kier molecular flexibility index (Phi) is 8.61. The molecule has 0 aliphatic rings. The zero-order valence-electron chi connectivity index (χ0n) is 7.53. The van der Waals surface area contributed by atoms with Crippen LogP contribution in [0.15, 0.2) is 12.7 Å². The smallest absolute Gasteiger partial charge is 0.469 e. The van der Waals surface area contributed by atoms with E-state index in [2.05, 4.69) is 11.1 Å². The number of carboxylic acid groups (broad SMARTS) is 1. The molecule has 0 bridgehead atoms. The summed E-state index contributed by atoms with van der Waals surface area (Å²) in [5.74, 6) is -0.981. The monoisotopic (exact) mass is 228 g/mol. The minimum atomic E-state index is -4.38. The third-order valence-electron chi connectivity index (χ3n) is 0.659. The number of aliphatic hydroxyl groups is 1. The normalized spacial score (nSPS) is 12.3. The van der Waals surface area contributed by atoms with Crippen LogP contribution < -0.4 is 0 Å². The molecule has 0 saturated heterocycles. The van der Waals surface area contributed by atoms with E-state index in [9.17, 15) is 9.36 Å². The summed E-state index contributed by atoms with van der Waals surface area (Å²) in [7, 11) is -4.38. The minimum absolute atomic E-state index is 0.343. The lowest BCUT2D eigenvalue weighted by molar-refractivity contribution is -0.131. The molecule has 84 valence electrons. The highest BCUT2D eigenvalue weighted by Gasteiger charge is 2.14. The summed E-state index contributed by atoms with van der Waals surface area (Å²) in [4.78, 5) is 25.3. The van der Waals surface area contributed by atoms with Crippen molar-refractivity contribution >= 4 is 13.8 Å². The van der Waals surface area contributed by atoms with Gasteiger partial charge in [-0.25, -0.2) is 9.36 Å². The predicted molar refractivity (Wildman–Crippen MR) is 47.5 cm³/mol. The van der Waals surface area contributed by atoms with E-state index in [-0.39, 0.29) is 6.61 Å². The van der Waals surface area contributed by atoms with Gasteiger partial charge in [-0.05, 0) is 6.92 Å². The number of phosphoric acid groups is 1. The molecule has 0 aliphatic heterocycles. The molecule has 0 spiro atoms. The number of carboxylic acids is 1. The Hall–Kier alpha value is -0.720. The molecule has 0 saturated carbocycles. The molecule has 1 atom stereocenters. The van der Waals surface area contributed by atoms with E-state index in [1.54, 1.807) is 0 Å². The standard InChI is InChI=1S/C3H9O5P.C3H4O2/c1-3(4)2-8-9(5,6)7;1-2-3(4)5/h3-4H,2H2,1H3,(H2,5,6,7);2H,1H2,(H,4,5). The first kappa shape index (κ1) is 15.7. The van der Waals surface area contributed by atoms with E-state index in [1.165, 1.54) is 6.92 Å². The summed E-state index contributed by atoms with van der Waals surface area (Å²) in [5, 5.41) is 16.1. The van der Waals surface area contributed by atoms with Crippen molar-refractivity contribution in [3.05, 3.63) is 12.7 Å². The molecule has 0 aromatic rings. The topological polar surface area (TPSA) is 124 Å². The largest absolute Gasteiger partial charge is 0.478 e. The molecule has 0 aromatic heterocycles. The van der Waals surface area contributed by atoms with E-state index in [4.69, 9.17) is 20.0 Å². The van der Waals surface area contributed by atoms with E-state index in [0.29, 0.717) is 0 Å². The van der Waals surface area contributed by atoms with Crippen LogP contribution in [-0.4, -0.2) is 38.7 Å². The maximum absolute atomic E-state index is 9.90. The lowest BCUT2D eigenvalue weighted by atomic mass is 10.5. The van der Waals surface area contributed by atoms with Gasteiger partial charge in [-0.3, -0.25) is 4.52 Å². The number of hydrogen-bond acceptors (Lipinski definition) is 4. The molecule has 0 rings (SSSR count). The number of carbonyl (C=O) groups is 1. The maximum atomic E-state index is 9.90. The summed E-state index contributed by atoms with van der Waals surface area (Å²) in [6.07, 6.45) is -0.0161. The van der Waals surface area contributed by atoms with Crippen molar-refractivity contribution in [2.24, 2.45) is 0 Å². The highest BCUT2D eigenvalue weighted by molar-refractivity contribution is 7.46. The van der Waals surface area contributed by atoms with E-state index in [0.717, 1.165) is 6.08 Å². The van der Waals surface area contributed by atoms with Crippen molar-refractivity contribution in [3.8, 4) is 0 Å². The van der Waals surface area contributed by atoms with E-state index in [1.807, 2.05) is 0 Å². The summed E-state index contributed by atoms with van der Waals surface area (Å²) in [5.41, 5.74) is 0. The lowest BCUT2D eigenvalue weighted by Gasteiger charge is -2.05. The Bertz CT molecular complexity index is 218. The summed E-state index contributed by atoms with van der Waals surface area (Å²) >= 11 is 0. The molecule has 1 unspecified atom stereocenters. The zero-order chi connectivity index (χ0) is 11.8. The molecular formula is C6H13O7P. The van der Waals surface area contributed by atoms with Crippen molar-refractivity contribution in [2.45, 2.75) is 13.0 Å². The zero-order valence-corrected chi connectivity index (χ0v) is 8.42. The van der Waals surface area contributed by atoms with Crippen LogP contribution in [0.2, 0.25) is 0 Å². The highest BCUT2D eigenvalue weighted by Crippen LogP contribution is 2.35. The fourth-order valence-electron chi connectivity index (χ4n) is 0.205. The number of aliphatic hydroxyl groups excluding tert-OH is 1. The molecule has 4 N–H and O–H groups in total. The van der Waals surface area contributed by atoms with Gasteiger partial charge in [0, 0.05) is 6.08 Å². The van der Waals surface area contributed by atoms with Gasteiger partial charge < -0.3 is 20.0 Å². The van der Waals surface area contributed by atoms with Crippen LogP contribution >= 0.6 is 7.82 Å². The Morgan fingerprint density at radius 3 is 2.07 bits per heavy atom. The van der Waals surface area contributed by atoms with Crippen molar-refractivity contribution < 1.29 is 33.9 Å². The lowest BCUT2D eigenvalue weighted by Crippen LogP contribution is -2.08. The number of hydrogen-bond donors (Lipinski definition) is 4. The molecule has 0 radical (unpaired) electrons. The van der Waals surface area contributed by atoms with Crippen LogP contribution in [0.1, 0.15) is 6.92 Å². The average Bonchev–Trinajstić information content (AvgIpc) is 2.01. The summed E-state index contributed by atoms with van der Waals surface area (Å²) in [6.45, 7) is 3.99.